The topological polar surface area (TPSA) is 42.7 Å². The molecule has 1 rings (SSSR count). The Kier molecular flexibility index (Phi) is 5.46. The fourth-order valence-corrected chi connectivity index (χ4v) is 1.87. The minimum atomic E-state index is 0.380. The van der Waals surface area contributed by atoms with Gasteiger partial charge in [-0.15, -0.1) is 0 Å². The highest BCUT2D eigenvalue weighted by Crippen LogP contribution is 2.06. The zero-order chi connectivity index (χ0) is 12.0. The third kappa shape index (κ3) is 3.59. The van der Waals surface area contributed by atoms with Crippen molar-refractivity contribution >= 4 is 0 Å². The number of nitrogens with zero attached hydrogens (tertiary/aromatic N) is 3. The van der Waals surface area contributed by atoms with Crippen molar-refractivity contribution in [3.63, 3.8) is 0 Å². The monoisotopic (exact) mass is 224 g/mol. The summed E-state index contributed by atoms with van der Waals surface area (Å²) in [5.74, 6) is 1.03. The highest BCUT2D eigenvalue weighted by molar-refractivity contribution is 4.86. The summed E-state index contributed by atoms with van der Waals surface area (Å²) in [6.45, 7) is 9.52. The van der Waals surface area contributed by atoms with Gasteiger partial charge in [-0.05, 0) is 26.7 Å². The first kappa shape index (κ1) is 13.2. The fourth-order valence-electron chi connectivity index (χ4n) is 1.87. The lowest BCUT2D eigenvalue weighted by Gasteiger charge is -2.16. The lowest BCUT2D eigenvalue weighted by atomic mass is 10.1. The first-order chi connectivity index (χ1) is 7.69. The van der Waals surface area contributed by atoms with Crippen molar-refractivity contribution < 1.29 is 0 Å². The van der Waals surface area contributed by atoms with Crippen LogP contribution in [0.25, 0.3) is 0 Å². The Morgan fingerprint density at radius 2 is 2.12 bits per heavy atom. The first-order valence-electron chi connectivity index (χ1n) is 6.30. The molecule has 0 saturated heterocycles. The first-order valence-corrected chi connectivity index (χ1v) is 6.30. The molecule has 1 aromatic rings. The summed E-state index contributed by atoms with van der Waals surface area (Å²) in [6, 6.07) is 0.980. The van der Waals surface area contributed by atoms with Crippen molar-refractivity contribution in [3.05, 3.63) is 12.2 Å². The maximum atomic E-state index is 4.29. The van der Waals surface area contributed by atoms with E-state index in [2.05, 4.69) is 43.1 Å². The predicted molar refractivity (Wildman–Crippen MR) is 66.2 cm³/mol. The van der Waals surface area contributed by atoms with Crippen molar-refractivity contribution in [2.75, 3.05) is 0 Å². The Morgan fingerprint density at radius 1 is 1.38 bits per heavy atom. The number of rotatable bonds is 7. The van der Waals surface area contributed by atoms with E-state index in [1.165, 1.54) is 19.3 Å². The van der Waals surface area contributed by atoms with Gasteiger partial charge in [-0.25, -0.2) is 9.67 Å². The summed E-state index contributed by atoms with van der Waals surface area (Å²) < 4.78 is 1.98. The van der Waals surface area contributed by atoms with E-state index in [0.717, 1.165) is 12.4 Å². The standard InChI is InChI=1S/C12H24N4/c1-5-7-11(6-2)13-8-12-14-9-15-16(12)10(3)4/h9-11,13H,5-8H2,1-4H3. The summed E-state index contributed by atoms with van der Waals surface area (Å²) in [5.41, 5.74) is 0. The van der Waals surface area contributed by atoms with Crippen LogP contribution in [0.2, 0.25) is 0 Å². The van der Waals surface area contributed by atoms with Gasteiger partial charge < -0.3 is 5.32 Å². The van der Waals surface area contributed by atoms with E-state index in [9.17, 15) is 0 Å². The molecule has 0 aliphatic heterocycles. The Bertz CT molecular complexity index is 293. The van der Waals surface area contributed by atoms with Gasteiger partial charge in [0.25, 0.3) is 0 Å². The molecule has 1 heterocycles. The van der Waals surface area contributed by atoms with Crippen molar-refractivity contribution in [1.82, 2.24) is 20.1 Å². The third-order valence-corrected chi connectivity index (χ3v) is 2.82. The van der Waals surface area contributed by atoms with Crippen LogP contribution in [0.15, 0.2) is 6.33 Å². The second kappa shape index (κ2) is 6.63. The highest BCUT2D eigenvalue weighted by Gasteiger charge is 2.09. The van der Waals surface area contributed by atoms with Gasteiger partial charge in [0.1, 0.15) is 12.2 Å². The Balaban J connectivity index is 2.49. The quantitative estimate of drug-likeness (QED) is 0.774. The van der Waals surface area contributed by atoms with Crippen molar-refractivity contribution in [3.8, 4) is 0 Å². The maximum Gasteiger partial charge on any atom is 0.141 e. The number of aromatic nitrogens is 3. The molecule has 0 amide bonds. The van der Waals surface area contributed by atoms with E-state index in [4.69, 9.17) is 0 Å². The summed E-state index contributed by atoms with van der Waals surface area (Å²) in [4.78, 5) is 4.29. The van der Waals surface area contributed by atoms with Gasteiger partial charge in [0.05, 0.1) is 6.54 Å². The van der Waals surface area contributed by atoms with Crippen LogP contribution >= 0.6 is 0 Å². The zero-order valence-corrected chi connectivity index (χ0v) is 10.9. The molecule has 16 heavy (non-hydrogen) atoms. The van der Waals surface area contributed by atoms with Gasteiger partial charge in [0.2, 0.25) is 0 Å². The van der Waals surface area contributed by atoms with Crippen molar-refractivity contribution in [2.45, 2.75) is 65.6 Å². The average molecular weight is 224 g/mol. The molecule has 0 fully saturated rings. The summed E-state index contributed by atoms with van der Waals surface area (Å²) in [7, 11) is 0. The minimum Gasteiger partial charge on any atom is -0.307 e. The van der Waals surface area contributed by atoms with Crippen molar-refractivity contribution in [1.29, 1.82) is 0 Å². The van der Waals surface area contributed by atoms with Crippen LogP contribution in [0.3, 0.4) is 0 Å². The Morgan fingerprint density at radius 3 is 2.69 bits per heavy atom. The molecule has 92 valence electrons. The fraction of sp³-hybridized carbons (Fsp3) is 0.833. The molecule has 1 atom stereocenters. The lowest BCUT2D eigenvalue weighted by Crippen LogP contribution is -2.29. The molecule has 0 spiro atoms. The minimum absolute atomic E-state index is 0.380. The molecule has 0 bridgehead atoms. The molecular weight excluding hydrogens is 200 g/mol. The second-order valence-electron chi connectivity index (χ2n) is 4.49. The molecule has 0 radical (unpaired) electrons. The highest BCUT2D eigenvalue weighted by atomic mass is 15.4. The lowest BCUT2D eigenvalue weighted by molar-refractivity contribution is 0.431. The molecule has 0 aromatic carbocycles. The normalized spacial score (nSPS) is 13.3. The van der Waals surface area contributed by atoms with E-state index >= 15 is 0 Å². The molecule has 1 unspecified atom stereocenters. The molecule has 1 aromatic heterocycles. The third-order valence-electron chi connectivity index (χ3n) is 2.82. The van der Waals surface area contributed by atoms with Gasteiger partial charge in [-0.2, -0.15) is 5.10 Å². The summed E-state index contributed by atoms with van der Waals surface area (Å²) in [6.07, 6.45) is 5.26. The van der Waals surface area contributed by atoms with Gasteiger partial charge in [-0.1, -0.05) is 20.3 Å². The van der Waals surface area contributed by atoms with Crippen LogP contribution < -0.4 is 5.32 Å². The molecule has 0 aliphatic rings. The van der Waals surface area contributed by atoms with Gasteiger partial charge in [-0.3, -0.25) is 0 Å². The smallest absolute Gasteiger partial charge is 0.141 e. The predicted octanol–water partition coefficient (Wildman–Crippen LogP) is 2.53. The van der Waals surface area contributed by atoms with E-state index in [0.29, 0.717) is 12.1 Å². The van der Waals surface area contributed by atoms with E-state index < -0.39 is 0 Å². The van der Waals surface area contributed by atoms with Crippen LogP contribution in [0, 0.1) is 0 Å². The van der Waals surface area contributed by atoms with Crippen LogP contribution in [0.1, 0.15) is 58.8 Å². The summed E-state index contributed by atoms with van der Waals surface area (Å²) >= 11 is 0. The second-order valence-corrected chi connectivity index (χ2v) is 4.49. The van der Waals surface area contributed by atoms with Crippen molar-refractivity contribution in [2.24, 2.45) is 0 Å². The van der Waals surface area contributed by atoms with Gasteiger partial charge in [0, 0.05) is 12.1 Å². The molecule has 1 N–H and O–H groups in total. The van der Waals surface area contributed by atoms with E-state index in [-0.39, 0.29) is 0 Å². The van der Waals surface area contributed by atoms with E-state index in [1.54, 1.807) is 6.33 Å². The van der Waals surface area contributed by atoms with Crippen LogP contribution in [0.5, 0.6) is 0 Å². The Hall–Kier alpha value is -0.900. The largest absolute Gasteiger partial charge is 0.307 e. The number of nitrogens with one attached hydrogen (secondary N) is 1. The molecule has 4 nitrogen and oxygen atoms in total. The van der Waals surface area contributed by atoms with Gasteiger partial charge >= 0.3 is 0 Å². The van der Waals surface area contributed by atoms with E-state index in [1.807, 2.05) is 4.68 Å². The zero-order valence-electron chi connectivity index (χ0n) is 10.9. The average Bonchev–Trinajstić information content (AvgIpc) is 2.72. The van der Waals surface area contributed by atoms with Crippen LogP contribution in [-0.4, -0.2) is 20.8 Å². The van der Waals surface area contributed by atoms with Crippen LogP contribution in [0.4, 0.5) is 0 Å². The van der Waals surface area contributed by atoms with Crippen LogP contribution in [-0.2, 0) is 6.54 Å². The summed E-state index contributed by atoms with van der Waals surface area (Å²) in [5, 5.41) is 7.78. The number of hydrogen-bond donors (Lipinski definition) is 1. The molecule has 0 aliphatic carbocycles. The Labute approximate surface area is 98.5 Å². The molecular formula is C12H24N4. The molecule has 4 heteroatoms. The maximum absolute atomic E-state index is 4.29. The van der Waals surface area contributed by atoms with Gasteiger partial charge in [0.15, 0.2) is 0 Å². The molecule has 0 saturated carbocycles. The number of hydrogen-bond acceptors (Lipinski definition) is 3. The SMILES string of the molecule is CCCC(CC)NCc1ncnn1C(C)C.